The van der Waals surface area contributed by atoms with Crippen LogP contribution in [0.4, 0.5) is 0 Å². The minimum Gasteiger partial charge on any atom is -0.193 e. The minimum atomic E-state index is 0.511. The number of hydrogen-bond donors (Lipinski definition) is 0. The molecule has 0 amide bonds. The van der Waals surface area contributed by atoms with Gasteiger partial charge in [0.15, 0.2) is 0 Å². The number of hydrogen-bond acceptors (Lipinski definition) is 2. The summed E-state index contributed by atoms with van der Waals surface area (Å²) in [6.07, 6.45) is 4.40. The average Bonchev–Trinajstić information content (AvgIpc) is 1.91. The number of rotatable bonds is 1. The molecule has 0 aromatic heterocycles. The Hall–Kier alpha value is -1.54. The highest BCUT2D eigenvalue weighted by molar-refractivity contribution is 5.34. The summed E-state index contributed by atoms with van der Waals surface area (Å²) in [6, 6.07) is 3.70. The molecule has 0 aliphatic heterocycles. The number of nitrogens with zero attached hydrogens (tertiary/aromatic N) is 2. The monoisotopic (exact) mass is 118 g/mol. The van der Waals surface area contributed by atoms with E-state index in [1.54, 1.807) is 19.1 Å². The van der Waals surface area contributed by atoms with Gasteiger partial charge in [-0.15, -0.1) is 0 Å². The van der Waals surface area contributed by atoms with E-state index < -0.39 is 0 Å². The highest BCUT2D eigenvalue weighted by Gasteiger charge is 1.80. The van der Waals surface area contributed by atoms with Crippen LogP contribution in [0.1, 0.15) is 6.92 Å². The van der Waals surface area contributed by atoms with Crippen molar-refractivity contribution >= 4 is 0 Å². The van der Waals surface area contributed by atoms with E-state index >= 15 is 0 Å². The van der Waals surface area contributed by atoms with Gasteiger partial charge in [0.1, 0.15) is 0 Å². The molecule has 0 unspecified atom stereocenters. The molecule has 0 saturated carbocycles. The van der Waals surface area contributed by atoms with Crippen LogP contribution in [-0.2, 0) is 0 Å². The van der Waals surface area contributed by atoms with Crippen LogP contribution in [0.5, 0.6) is 0 Å². The van der Waals surface area contributed by atoms with Crippen LogP contribution in [0.25, 0.3) is 0 Å². The molecule has 44 valence electrons. The number of nitriles is 2. The molecule has 0 rings (SSSR count). The van der Waals surface area contributed by atoms with E-state index in [2.05, 4.69) is 0 Å². The first-order chi connectivity index (χ1) is 4.35. The van der Waals surface area contributed by atoms with E-state index in [4.69, 9.17) is 10.5 Å². The maximum atomic E-state index is 8.27. The molecule has 0 aliphatic rings. The van der Waals surface area contributed by atoms with Crippen LogP contribution >= 0.6 is 0 Å². The standard InChI is InChI=1S/C7H6N2/c1-2-7(6-9)4-3-5-8/h2-4H,1H3. The van der Waals surface area contributed by atoms with Crippen molar-refractivity contribution < 1.29 is 0 Å². The summed E-state index contributed by atoms with van der Waals surface area (Å²) < 4.78 is 0. The predicted molar refractivity (Wildman–Crippen MR) is 34.1 cm³/mol. The van der Waals surface area contributed by atoms with Gasteiger partial charge in [-0.1, -0.05) is 6.08 Å². The van der Waals surface area contributed by atoms with Gasteiger partial charge in [0.25, 0.3) is 0 Å². The van der Waals surface area contributed by atoms with Crippen molar-refractivity contribution in [3.8, 4) is 12.1 Å². The zero-order valence-electron chi connectivity index (χ0n) is 5.13. The van der Waals surface area contributed by atoms with Gasteiger partial charge in [-0.05, 0) is 13.0 Å². The van der Waals surface area contributed by atoms with Crippen molar-refractivity contribution in [2.24, 2.45) is 0 Å². The molecule has 0 aromatic rings. The number of allylic oxidation sites excluding steroid dienone is 4. The first kappa shape index (κ1) is 7.46. The van der Waals surface area contributed by atoms with Crippen molar-refractivity contribution in [3.63, 3.8) is 0 Å². The smallest absolute Gasteiger partial charge is 0.0988 e. The molecule has 0 heterocycles. The maximum absolute atomic E-state index is 8.27. The second kappa shape index (κ2) is 4.61. The Morgan fingerprint density at radius 3 is 2.44 bits per heavy atom. The molecular weight excluding hydrogens is 112 g/mol. The quantitative estimate of drug-likeness (QED) is 0.387. The molecule has 2 heteroatoms. The topological polar surface area (TPSA) is 47.6 Å². The largest absolute Gasteiger partial charge is 0.193 e. The van der Waals surface area contributed by atoms with Gasteiger partial charge in [-0.25, -0.2) is 0 Å². The first-order valence-electron chi connectivity index (χ1n) is 2.47. The average molecular weight is 118 g/mol. The zero-order chi connectivity index (χ0) is 7.11. The van der Waals surface area contributed by atoms with E-state index in [9.17, 15) is 0 Å². The van der Waals surface area contributed by atoms with Gasteiger partial charge in [0, 0.05) is 11.6 Å². The second-order valence-electron chi connectivity index (χ2n) is 1.32. The normalized spacial score (nSPS) is 10.8. The summed E-state index contributed by atoms with van der Waals surface area (Å²) >= 11 is 0. The summed E-state index contributed by atoms with van der Waals surface area (Å²) in [5.41, 5.74) is 0.511. The van der Waals surface area contributed by atoms with Crippen LogP contribution < -0.4 is 0 Å². The Kier molecular flexibility index (Phi) is 3.83. The SMILES string of the molecule is CC=C(C#N)C=CC#N. The fraction of sp³-hybridized carbons (Fsp3) is 0.143. The maximum Gasteiger partial charge on any atom is 0.0988 e. The van der Waals surface area contributed by atoms with E-state index in [0.29, 0.717) is 5.57 Å². The Balaban J connectivity index is 4.10. The van der Waals surface area contributed by atoms with Gasteiger partial charge >= 0.3 is 0 Å². The molecule has 9 heavy (non-hydrogen) atoms. The van der Waals surface area contributed by atoms with Crippen LogP contribution in [0.3, 0.4) is 0 Å². The first-order valence-corrected chi connectivity index (χ1v) is 2.47. The van der Waals surface area contributed by atoms with Crippen molar-refractivity contribution in [1.82, 2.24) is 0 Å². The molecule has 0 atom stereocenters. The van der Waals surface area contributed by atoms with Gasteiger partial charge in [-0.2, -0.15) is 10.5 Å². The third kappa shape index (κ3) is 3.08. The molecule has 0 aliphatic carbocycles. The highest BCUT2D eigenvalue weighted by atomic mass is 14.2. The molecule has 0 fully saturated rings. The van der Waals surface area contributed by atoms with Crippen molar-refractivity contribution in [1.29, 1.82) is 10.5 Å². The lowest BCUT2D eigenvalue weighted by molar-refractivity contribution is 1.48. The van der Waals surface area contributed by atoms with E-state index in [1.165, 1.54) is 12.2 Å². The van der Waals surface area contributed by atoms with Crippen molar-refractivity contribution in [2.45, 2.75) is 6.92 Å². The Morgan fingerprint density at radius 1 is 1.44 bits per heavy atom. The van der Waals surface area contributed by atoms with Crippen LogP contribution in [-0.4, -0.2) is 0 Å². The molecular formula is C7H6N2. The third-order valence-electron chi connectivity index (χ3n) is 0.778. The van der Waals surface area contributed by atoms with E-state index in [1.807, 2.05) is 6.07 Å². The minimum absolute atomic E-state index is 0.511. The lowest BCUT2D eigenvalue weighted by Crippen LogP contribution is -1.66. The highest BCUT2D eigenvalue weighted by Crippen LogP contribution is 1.91. The molecule has 0 bridgehead atoms. The van der Waals surface area contributed by atoms with Crippen LogP contribution in [0.15, 0.2) is 23.8 Å². The summed E-state index contributed by atoms with van der Waals surface area (Å²) in [6.45, 7) is 1.75. The summed E-state index contributed by atoms with van der Waals surface area (Å²) in [7, 11) is 0. The fourth-order valence-electron chi connectivity index (χ4n) is 0.325. The predicted octanol–water partition coefficient (Wildman–Crippen LogP) is 1.54. The molecule has 2 nitrogen and oxygen atoms in total. The molecule has 0 radical (unpaired) electrons. The zero-order valence-corrected chi connectivity index (χ0v) is 5.13. The van der Waals surface area contributed by atoms with Crippen LogP contribution in [0, 0.1) is 22.7 Å². The Labute approximate surface area is 54.3 Å². The summed E-state index contributed by atoms with van der Waals surface area (Å²) in [5, 5.41) is 16.3. The molecule has 0 N–H and O–H groups in total. The molecule has 0 spiro atoms. The van der Waals surface area contributed by atoms with E-state index in [-0.39, 0.29) is 0 Å². The van der Waals surface area contributed by atoms with Crippen LogP contribution in [0.2, 0.25) is 0 Å². The Bertz CT molecular complexity index is 210. The van der Waals surface area contributed by atoms with Gasteiger partial charge in [0.2, 0.25) is 0 Å². The fourth-order valence-corrected chi connectivity index (χ4v) is 0.325. The lowest BCUT2D eigenvalue weighted by atomic mass is 10.2. The third-order valence-corrected chi connectivity index (χ3v) is 0.778. The van der Waals surface area contributed by atoms with E-state index in [0.717, 1.165) is 0 Å². The van der Waals surface area contributed by atoms with Gasteiger partial charge < -0.3 is 0 Å². The molecule has 0 saturated heterocycles. The lowest BCUT2D eigenvalue weighted by Gasteiger charge is -1.77. The molecule has 0 aromatic carbocycles. The van der Waals surface area contributed by atoms with Crippen molar-refractivity contribution in [2.75, 3.05) is 0 Å². The Morgan fingerprint density at radius 2 is 2.11 bits per heavy atom. The second-order valence-corrected chi connectivity index (χ2v) is 1.32. The van der Waals surface area contributed by atoms with Crippen molar-refractivity contribution in [3.05, 3.63) is 23.8 Å². The van der Waals surface area contributed by atoms with Gasteiger partial charge in [0.05, 0.1) is 12.1 Å². The summed E-state index contributed by atoms with van der Waals surface area (Å²) in [4.78, 5) is 0. The summed E-state index contributed by atoms with van der Waals surface area (Å²) in [5.74, 6) is 0. The van der Waals surface area contributed by atoms with Gasteiger partial charge in [-0.3, -0.25) is 0 Å².